The molecule has 6 saturated carbocycles. The summed E-state index contributed by atoms with van der Waals surface area (Å²) < 4.78 is 1.06. The van der Waals surface area contributed by atoms with Crippen LogP contribution >= 0.6 is 113 Å². The Morgan fingerprint density at radius 1 is 0.608 bits per heavy atom. The predicted molar refractivity (Wildman–Crippen MR) is 339 cm³/mol. The van der Waals surface area contributed by atoms with E-state index in [1.165, 1.54) is 44.9 Å². The Balaban J connectivity index is 0.000000232. The molecule has 0 radical (unpaired) electrons. The number of hydrogen-bond acceptors (Lipinski definition) is 8. The van der Waals surface area contributed by atoms with Crippen molar-refractivity contribution in [1.29, 1.82) is 0 Å². The standard InChI is InChI=1S/C26H42N2O4.C26H40N2O4.C2H3I3.C2H3I2.In.2H/c2*1-15(17-10-5-4-6-11-17)25(32)28-14-19-21(26(19,2)3)22(28)20(29)13-18(23(30)24(27)31)12-16-8-7-9-16;1-2(3,4)5;1-2(3)4;;;/h15-19,21-23,30H,4-14H2,1-3H3,(H2,27,31);15-19,21-22H,4-14H2,1-3H3,(H2,27,31);1H3;1H3;;;/t15-,18?,19?,21?,22+,23?;15-,18?,19?,21?,22+;;;;;/m00...../s1. The number of nitrogens with two attached hydrogens (primary N) is 2. The number of nitrogens with zero attached hydrogens (tertiary/aromatic N) is 2. The molecule has 2 heterocycles. The van der Waals surface area contributed by atoms with Crippen LogP contribution in [-0.2, 0) is 33.6 Å². The third-order valence-electron chi connectivity index (χ3n) is 19.1. The number of aliphatic hydroxyl groups excluding tert-OH is 1. The molecule has 0 aromatic carbocycles. The molecule has 0 aromatic rings. The number of ketones is 3. The summed E-state index contributed by atoms with van der Waals surface area (Å²) in [4.78, 5) is 94.0. The third kappa shape index (κ3) is 18.2. The van der Waals surface area contributed by atoms with Crippen LogP contribution in [0.4, 0.5) is 0 Å². The fraction of sp³-hybridized carbons (Fsp3) is 0.875. The van der Waals surface area contributed by atoms with E-state index >= 15 is 0 Å². The van der Waals surface area contributed by atoms with Crippen molar-refractivity contribution in [3.05, 3.63) is 0 Å². The molecule has 0 spiro atoms. The zero-order valence-corrected chi connectivity index (χ0v) is 62.5. The zero-order chi connectivity index (χ0) is 55.4. The second-order valence-corrected chi connectivity index (χ2v) is 63.1. The van der Waals surface area contributed by atoms with Gasteiger partial charge in [-0.2, -0.15) is 0 Å². The maximum absolute atomic E-state index is 13.7. The minimum atomic E-state index is -1.30. The number of likely N-dealkylation sites (tertiary alicyclic amines) is 2. The number of primary amides is 2. The van der Waals surface area contributed by atoms with Gasteiger partial charge < -0.3 is 26.4 Å². The zero-order valence-electron chi connectivity index (χ0n) is 46.0. The van der Waals surface area contributed by atoms with E-state index in [9.17, 15) is 38.7 Å². The first-order valence-corrected chi connectivity index (χ1v) is 36.4. The molecule has 420 valence electrons. The first-order chi connectivity index (χ1) is 34.2. The number of alkyl halides is 5. The average molecular weight is 1700 g/mol. The van der Waals surface area contributed by atoms with Gasteiger partial charge in [-0.3, -0.25) is 33.6 Å². The molecule has 74 heavy (non-hydrogen) atoms. The van der Waals surface area contributed by atoms with Crippen LogP contribution in [0, 0.1) is 81.8 Å². The second-order valence-electron chi connectivity index (χ2n) is 25.7. The molecule has 2 aliphatic heterocycles. The van der Waals surface area contributed by atoms with Crippen LogP contribution in [0.1, 0.15) is 184 Å². The number of halogens is 5. The Bertz CT molecular complexity index is 1970. The number of fused-ring (bicyclic) bond motifs is 2. The van der Waals surface area contributed by atoms with Gasteiger partial charge in [-0.15, -0.1) is 0 Å². The van der Waals surface area contributed by atoms with E-state index in [1.54, 1.807) is 0 Å². The average Bonchev–Trinajstić information content (AvgIpc) is 3.73. The fourth-order valence-corrected chi connectivity index (χ4v) is 14.0. The summed E-state index contributed by atoms with van der Waals surface area (Å²) >= 11 is 12.8. The molecule has 8 aliphatic rings. The van der Waals surface area contributed by atoms with Gasteiger partial charge in [-0.25, -0.2) is 0 Å². The van der Waals surface area contributed by atoms with Crippen molar-refractivity contribution in [1.82, 2.24) is 9.80 Å². The van der Waals surface area contributed by atoms with Crippen molar-refractivity contribution >= 4 is 178 Å². The quantitative estimate of drug-likeness (QED) is 0.0684. The van der Waals surface area contributed by atoms with Gasteiger partial charge in [0.15, 0.2) is 11.6 Å². The maximum atomic E-state index is 13.7. The van der Waals surface area contributed by atoms with E-state index in [0.29, 0.717) is 60.1 Å². The Hall–Kier alpha value is 1.37. The fourth-order valence-electron chi connectivity index (χ4n) is 14.0. The first-order valence-electron chi connectivity index (χ1n) is 28.2. The van der Waals surface area contributed by atoms with Crippen LogP contribution in [-0.4, -0.2) is 110 Å². The topological polar surface area (TPSA) is 198 Å². The Morgan fingerprint density at radius 3 is 1.28 bits per heavy atom. The molecule has 11 atom stereocenters. The summed E-state index contributed by atoms with van der Waals surface area (Å²) in [5.41, 5.74) is 10.8. The molecule has 7 unspecified atom stereocenters. The first kappa shape index (κ1) is 66.2. The van der Waals surface area contributed by atoms with E-state index < -0.39 is 47.6 Å². The summed E-state index contributed by atoms with van der Waals surface area (Å²) in [6.45, 7) is 18.5. The van der Waals surface area contributed by atoms with E-state index in [2.05, 4.69) is 154 Å². The number of rotatable bonds is 18. The molecule has 0 bridgehead atoms. The number of Topliss-reactive ketones (excluding diaryl/α,β-unsaturated/α-hetero) is 3. The monoisotopic (exact) mass is 1700 g/mol. The van der Waals surface area contributed by atoms with Gasteiger partial charge in [-0.05, 0) is 104 Å². The van der Waals surface area contributed by atoms with Crippen LogP contribution in [0.15, 0.2) is 0 Å². The van der Waals surface area contributed by atoms with E-state index in [0.717, 1.165) is 82.2 Å². The minimum absolute atomic E-state index is 0.0110. The molecule has 4 amide bonds. The second kappa shape index (κ2) is 28.1. The van der Waals surface area contributed by atoms with Gasteiger partial charge in [0.2, 0.25) is 23.5 Å². The number of hydrogen-bond donors (Lipinski definition) is 3. The Morgan fingerprint density at radius 2 is 0.959 bits per heavy atom. The van der Waals surface area contributed by atoms with Crippen molar-refractivity contribution in [3.8, 4) is 0 Å². The van der Waals surface area contributed by atoms with Crippen molar-refractivity contribution in [3.63, 3.8) is 0 Å². The van der Waals surface area contributed by atoms with Crippen LogP contribution in [0.5, 0.6) is 0 Å². The molecule has 8 fully saturated rings. The molecule has 8 rings (SSSR count). The Labute approximate surface area is 527 Å². The summed E-state index contributed by atoms with van der Waals surface area (Å²) in [5, 5.41) is 10.5. The molecule has 12 nitrogen and oxygen atoms in total. The van der Waals surface area contributed by atoms with Gasteiger partial charge >= 0.3 is 75.7 Å². The summed E-state index contributed by atoms with van der Waals surface area (Å²) in [7, 11) is 0. The SMILES string of the molecule is CC(I)(I)I.C[C@H](C(=O)N1CC2C([C@H]1C(=O)CC(CC1CCC1)C(=O)C(N)=O)C2(C)C)C1CCCCC1.C[C@H](C(=O)N1CC2C([C@H]1C(=O)CC(CC1CCC1)C(O)C(N)=O)C2(C)C)C1CCCCC1.C[C]([InH2])(I)I. The number of piperidine rings is 2. The molecular weight excluding hydrogens is 1610 g/mol. The van der Waals surface area contributed by atoms with Crippen molar-refractivity contribution < 1.29 is 38.7 Å². The van der Waals surface area contributed by atoms with Crippen LogP contribution in [0.3, 0.4) is 0 Å². The van der Waals surface area contributed by atoms with Gasteiger partial charge in [0.25, 0.3) is 5.91 Å². The van der Waals surface area contributed by atoms with E-state index in [-0.39, 0.29) is 70.7 Å². The van der Waals surface area contributed by atoms with E-state index in [4.69, 9.17) is 11.5 Å². The van der Waals surface area contributed by atoms with Crippen LogP contribution in [0.2, 0.25) is 0 Å². The van der Waals surface area contributed by atoms with Gasteiger partial charge in [0.1, 0.15) is 5.54 Å². The number of carbonyl (C=O) groups excluding carboxylic acids is 7. The van der Waals surface area contributed by atoms with Gasteiger partial charge in [0, 0.05) is 49.6 Å². The summed E-state index contributed by atoms with van der Waals surface area (Å²) in [5.74, 6) is -0.595. The van der Waals surface area contributed by atoms with Gasteiger partial charge in [0.05, 0.1) is 12.1 Å². The summed E-state index contributed by atoms with van der Waals surface area (Å²) in [6.07, 6.45) is 18.3. The number of carbonyl (C=O) groups is 7. The van der Waals surface area contributed by atoms with E-state index in [1.807, 2.05) is 23.6 Å². The molecule has 5 N–H and O–H groups in total. The molecular formula is C56H90I5InN4O8. The van der Waals surface area contributed by atoms with Crippen molar-refractivity contribution in [2.45, 2.75) is 201 Å². The normalized spacial score (nSPS) is 29.2. The molecule has 18 heteroatoms. The van der Waals surface area contributed by atoms with Crippen LogP contribution < -0.4 is 11.5 Å². The predicted octanol–water partition coefficient (Wildman–Crippen LogP) is 10.9. The Kier molecular flexibility index (Phi) is 25.1. The third-order valence-corrected chi connectivity index (χ3v) is 19.1. The summed E-state index contributed by atoms with van der Waals surface area (Å²) in [6, 6.07) is -0.879. The van der Waals surface area contributed by atoms with Crippen molar-refractivity contribution in [2.75, 3.05) is 13.1 Å². The number of aliphatic hydroxyl groups is 1. The molecule has 6 aliphatic carbocycles. The van der Waals surface area contributed by atoms with Crippen LogP contribution in [0.25, 0.3) is 0 Å². The molecule has 2 saturated heterocycles. The van der Waals surface area contributed by atoms with Crippen molar-refractivity contribution in [2.24, 2.45) is 93.3 Å². The number of amides is 4. The molecule has 0 aromatic heterocycles. The van der Waals surface area contributed by atoms with Gasteiger partial charge in [-0.1, -0.05) is 186 Å².